The first-order valence-corrected chi connectivity index (χ1v) is 8.15. The van der Waals surface area contributed by atoms with E-state index in [1.54, 1.807) is 0 Å². The van der Waals surface area contributed by atoms with Gasteiger partial charge in [0.2, 0.25) is 5.88 Å². The van der Waals surface area contributed by atoms with Gasteiger partial charge in [-0.15, -0.1) is 0 Å². The van der Waals surface area contributed by atoms with E-state index in [2.05, 4.69) is 13.8 Å². The molecule has 1 rings (SSSR count). The van der Waals surface area contributed by atoms with Crippen molar-refractivity contribution in [1.29, 1.82) is 0 Å². The van der Waals surface area contributed by atoms with Crippen molar-refractivity contribution in [2.75, 3.05) is 0 Å². The molecule has 0 fully saturated rings. The van der Waals surface area contributed by atoms with Gasteiger partial charge in [-0.05, 0) is 12.8 Å². The minimum atomic E-state index is -0.404. The van der Waals surface area contributed by atoms with E-state index in [1.165, 1.54) is 9.13 Å². The fourth-order valence-electron chi connectivity index (χ4n) is 2.41. The van der Waals surface area contributed by atoms with E-state index in [0.717, 1.165) is 57.4 Å². The normalized spacial score (nSPS) is 11.0. The summed E-state index contributed by atoms with van der Waals surface area (Å²) in [5, 5.41) is 9.81. The molecular weight excluding hydrogens is 268 g/mol. The monoisotopic (exact) mass is 296 g/mol. The molecule has 0 saturated heterocycles. The first kappa shape index (κ1) is 17.5. The number of nitrogens with zero attached hydrogens (tertiary/aromatic N) is 2. The van der Waals surface area contributed by atoms with Crippen molar-refractivity contribution in [3.05, 3.63) is 26.9 Å². The van der Waals surface area contributed by atoms with Crippen molar-refractivity contribution in [1.82, 2.24) is 9.13 Å². The molecule has 0 amide bonds. The highest BCUT2D eigenvalue weighted by Crippen LogP contribution is 2.06. The largest absolute Gasteiger partial charge is 0.494 e. The fourth-order valence-corrected chi connectivity index (χ4v) is 2.41. The summed E-state index contributed by atoms with van der Waals surface area (Å²) in [5.74, 6) is -0.216. The molecule has 120 valence electrons. The third kappa shape index (κ3) is 5.40. The average molecular weight is 296 g/mol. The first-order valence-electron chi connectivity index (χ1n) is 8.15. The molecule has 5 nitrogen and oxygen atoms in total. The smallest absolute Gasteiger partial charge is 0.333 e. The van der Waals surface area contributed by atoms with Gasteiger partial charge in [0, 0.05) is 13.1 Å². The van der Waals surface area contributed by atoms with Crippen molar-refractivity contribution >= 4 is 0 Å². The van der Waals surface area contributed by atoms with Crippen molar-refractivity contribution in [2.24, 2.45) is 0 Å². The Bertz CT molecular complexity index is 531. The minimum absolute atomic E-state index is 0.216. The van der Waals surface area contributed by atoms with Crippen molar-refractivity contribution in [3.63, 3.8) is 0 Å². The Balaban J connectivity index is 2.79. The summed E-state index contributed by atoms with van der Waals surface area (Å²) in [7, 11) is 0. The molecule has 1 aromatic heterocycles. The molecule has 0 bridgehead atoms. The van der Waals surface area contributed by atoms with Crippen LogP contribution in [-0.4, -0.2) is 14.2 Å². The van der Waals surface area contributed by atoms with Gasteiger partial charge in [-0.25, -0.2) is 4.79 Å². The zero-order chi connectivity index (χ0) is 15.7. The summed E-state index contributed by atoms with van der Waals surface area (Å²) < 4.78 is 2.56. The van der Waals surface area contributed by atoms with Crippen LogP contribution >= 0.6 is 0 Å². The summed E-state index contributed by atoms with van der Waals surface area (Å²) in [6, 6.07) is 1.15. The lowest BCUT2D eigenvalue weighted by Gasteiger charge is -2.11. The number of unbranched alkanes of at least 4 members (excludes halogenated alkanes) is 6. The second kappa shape index (κ2) is 9.42. The quantitative estimate of drug-likeness (QED) is 0.675. The fraction of sp³-hybridized carbons (Fsp3) is 0.750. The van der Waals surface area contributed by atoms with Crippen LogP contribution in [0.1, 0.15) is 65.2 Å². The summed E-state index contributed by atoms with van der Waals surface area (Å²) in [6.07, 6.45) is 8.17. The van der Waals surface area contributed by atoms with Gasteiger partial charge in [0.15, 0.2) is 0 Å². The molecule has 0 aliphatic rings. The Kier molecular flexibility index (Phi) is 7.87. The molecule has 0 aliphatic heterocycles. The minimum Gasteiger partial charge on any atom is -0.494 e. The lowest BCUT2D eigenvalue weighted by Crippen LogP contribution is -2.39. The van der Waals surface area contributed by atoms with Crippen LogP contribution in [0.5, 0.6) is 5.88 Å². The number of rotatable bonds is 10. The van der Waals surface area contributed by atoms with Crippen LogP contribution in [0.25, 0.3) is 0 Å². The molecule has 5 heteroatoms. The van der Waals surface area contributed by atoms with Crippen LogP contribution in [0.4, 0.5) is 0 Å². The molecule has 0 aromatic carbocycles. The van der Waals surface area contributed by atoms with Gasteiger partial charge in [0.25, 0.3) is 5.56 Å². The van der Waals surface area contributed by atoms with Gasteiger partial charge in [-0.2, -0.15) is 0 Å². The predicted octanol–water partition coefficient (Wildman–Crippen LogP) is 2.88. The van der Waals surface area contributed by atoms with Crippen LogP contribution in [0.15, 0.2) is 15.7 Å². The molecule has 1 aromatic rings. The number of aromatic hydroxyl groups is 1. The average Bonchev–Trinajstić information content (AvgIpc) is 2.45. The molecule has 0 radical (unpaired) electrons. The zero-order valence-corrected chi connectivity index (χ0v) is 13.3. The Morgan fingerprint density at radius 3 is 1.90 bits per heavy atom. The highest BCUT2D eigenvalue weighted by atomic mass is 16.3. The lowest BCUT2D eigenvalue weighted by molar-refractivity contribution is 0.379. The van der Waals surface area contributed by atoms with E-state index in [1.807, 2.05) is 0 Å². The molecule has 0 spiro atoms. The van der Waals surface area contributed by atoms with E-state index in [4.69, 9.17) is 0 Å². The number of hydrogen-bond donors (Lipinski definition) is 1. The molecule has 0 saturated carbocycles. The maximum atomic E-state index is 12.3. The summed E-state index contributed by atoms with van der Waals surface area (Å²) in [5.41, 5.74) is -0.785. The lowest BCUT2D eigenvalue weighted by atomic mass is 10.2. The van der Waals surface area contributed by atoms with Gasteiger partial charge in [0.1, 0.15) is 0 Å². The van der Waals surface area contributed by atoms with Gasteiger partial charge in [-0.3, -0.25) is 13.9 Å². The number of aromatic nitrogens is 2. The van der Waals surface area contributed by atoms with Crippen LogP contribution < -0.4 is 11.2 Å². The van der Waals surface area contributed by atoms with Crippen LogP contribution in [0.2, 0.25) is 0 Å². The second-order valence-electron chi connectivity index (χ2n) is 5.55. The molecular formula is C16H28N2O3. The Hall–Kier alpha value is -1.52. The standard InChI is InChI=1S/C16H28N2O3/c1-3-5-7-9-11-17-14(19)13-15(20)18(16(17)21)12-10-8-6-4-2/h13,19H,3-12H2,1-2H3. The van der Waals surface area contributed by atoms with Crippen LogP contribution in [0, 0.1) is 0 Å². The Labute approximate surface area is 126 Å². The predicted molar refractivity (Wildman–Crippen MR) is 84.9 cm³/mol. The highest BCUT2D eigenvalue weighted by Gasteiger charge is 2.10. The van der Waals surface area contributed by atoms with E-state index < -0.39 is 5.56 Å². The van der Waals surface area contributed by atoms with Crippen molar-refractivity contribution in [2.45, 2.75) is 78.3 Å². The van der Waals surface area contributed by atoms with E-state index >= 15 is 0 Å². The van der Waals surface area contributed by atoms with Crippen molar-refractivity contribution in [3.8, 4) is 5.88 Å². The van der Waals surface area contributed by atoms with Gasteiger partial charge in [-0.1, -0.05) is 52.4 Å². The third-order valence-corrected chi connectivity index (χ3v) is 3.73. The molecule has 1 heterocycles. The van der Waals surface area contributed by atoms with Gasteiger partial charge in [0.05, 0.1) is 6.07 Å². The maximum Gasteiger partial charge on any atom is 0.333 e. The second-order valence-corrected chi connectivity index (χ2v) is 5.55. The van der Waals surface area contributed by atoms with Crippen molar-refractivity contribution < 1.29 is 5.11 Å². The molecule has 1 N–H and O–H groups in total. The summed E-state index contributed by atoms with van der Waals surface area (Å²) in [6.45, 7) is 5.16. The molecule has 0 unspecified atom stereocenters. The maximum absolute atomic E-state index is 12.3. The SMILES string of the molecule is CCCCCCn1c(O)cc(=O)n(CCCCCC)c1=O. The first-order chi connectivity index (χ1) is 10.1. The summed E-state index contributed by atoms with van der Waals surface area (Å²) in [4.78, 5) is 24.1. The number of hydrogen-bond acceptors (Lipinski definition) is 3. The molecule has 0 aliphatic carbocycles. The topological polar surface area (TPSA) is 64.2 Å². The van der Waals surface area contributed by atoms with E-state index in [-0.39, 0.29) is 11.6 Å². The summed E-state index contributed by atoms with van der Waals surface area (Å²) >= 11 is 0. The third-order valence-electron chi connectivity index (χ3n) is 3.73. The van der Waals surface area contributed by atoms with E-state index in [9.17, 15) is 14.7 Å². The van der Waals surface area contributed by atoms with Crippen LogP contribution in [-0.2, 0) is 13.1 Å². The van der Waals surface area contributed by atoms with Crippen LogP contribution in [0.3, 0.4) is 0 Å². The Morgan fingerprint density at radius 1 is 0.857 bits per heavy atom. The molecule has 21 heavy (non-hydrogen) atoms. The highest BCUT2D eigenvalue weighted by molar-refractivity contribution is 5.07. The zero-order valence-electron chi connectivity index (χ0n) is 13.3. The van der Waals surface area contributed by atoms with Gasteiger partial charge < -0.3 is 5.11 Å². The van der Waals surface area contributed by atoms with Gasteiger partial charge >= 0.3 is 5.69 Å². The molecule has 0 atom stereocenters. The van der Waals surface area contributed by atoms with E-state index in [0.29, 0.717) is 13.1 Å². The Morgan fingerprint density at radius 2 is 1.38 bits per heavy atom.